The molecule has 0 aliphatic heterocycles. The minimum absolute atomic E-state index is 0. The second kappa shape index (κ2) is 6.07. The average Bonchev–Trinajstić information content (AvgIpc) is 1.67. The van der Waals surface area contributed by atoms with E-state index in [0.29, 0.717) is 0 Å². The van der Waals surface area contributed by atoms with Crippen LogP contribution >= 0.6 is 0 Å². The van der Waals surface area contributed by atoms with E-state index < -0.39 is 11.9 Å². The van der Waals surface area contributed by atoms with Crippen LogP contribution in [0.5, 0.6) is 0 Å². The molecule has 0 unspecified atom stereocenters. The van der Waals surface area contributed by atoms with Crippen LogP contribution in [0.3, 0.4) is 0 Å². The van der Waals surface area contributed by atoms with E-state index in [9.17, 15) is 9.59 Å². The van der Waals surface area contributed by atoms with E-state index in [1.165, 1.54) is 0 Å². The maximum Gasteiger partial charge on any atom is 1.00 e. The molecule has 0 heterocycles. The van der Waals surface area contributed by atoms with E-state index in [4.69, 9.17) is 5.11 Å². The monoisotopic (exact) mass is 142 g/mol. The van der Waals surface area contributed by atoms with Crippen molar-refractivity contribution in [3.63, 3.8) is 0 Å². The minimum Gasteiger partial charge on any atom is -1.00 e. The van der Waals surface area contributed by atoms with Gasteiger partial charge in [0.25, 0.3) is 0 Å². The molecule has 0 radical (unpaired) electrons. The van der Waals surface area contributed by atoms with Gasteiger partial charge in [0, 0.05) is 0 Å². The van der Waals surface area contributed by atoms with Crippen LogP contribution in [0.1, 0.15) is 8.35 Å². The number of carboxylic acid groups (broad SMARTS) is 1. The molecule has 0 amide bonds. The predicted octanol–water partition coefficient (Wildman–Crippen LogP) is -3.25. The number of hydrogen-bond donors (Lipinski definition) is 1. The Hall–Kier alpha value is -0.0600. The number of esters is 1. The molecule has 1 N–H and O–H groups in total. The molecule has 0 atom stereocenters. The maximum atomic E-state index is 9.92. The van der Waals surface area contributed by atoms with Crippen LogP contribution < -0.4 is 29.6 Å². The van der Waals surface area contributed by atoms with Gasteiger partial charge in [-0.1, -0.05) is 0 Å². The molecule has 0 saturated carbocycles. The SMILES string of the molecule is CCOC(=O)C(=O)O.[H-].[Na+]. The quantitative estimate of drug-likeness (QED) is 0.237. The second-order valence-corrected chi connectivity index (χ2v) is 1.03. The maximum absolute atomic E-state index is 9.92. The third-order valence-electron chi connectivity index (χ3n) is 0.450. The zero-order chi connectivity index (χ0) is 6.57. The Kier molecular flexibility index (Phi) is 7.89. The van der Waals surface area contributed by atoms with Crippen LogP contribution in [-0.4, -0.2) is 23.7 Å². The first kappa shape index (κ1) is 11.7. The first-order valence-corrected chi connectivity index (χ1v) is 2.08. The van der Waals surface area contributed by atoms with Crippen molar-refractivity contribution in [1.82, 2.24) is 0 Å². The summed E-state index contributed by atoms with van der Waals surface area (Å²) in [6.45, 7) is 1.64. The van der Waals surface area contributed by atoms with Crippen molar-refractivity contribution in [2.45, 2.75) is 6.92 Å². The van der Waals surface area contributed by atoms with Gasteiger partial charge in [-0.3, -0.25) is 0 Å². The fraction of sp³-hybridized carbons (Fsp3) is 0.500. The molecule has 0 bridgehead atoms. The number of carboxylic acids is 1. The molecule has 9 heavy (non-hydrogen) atoms. The number of aliphatic carboxylic acids is 1. The molecule has 0 aromatic rings. The van der Waals surface area contributed by atoms with Gasteiger partial charge in [-0.25, -0.2) is 9.59 Å². The summed E-state index contributed by atoms with van der Waals surface area (Å²) in [7, 11) is 0. The normalized spacial score (nSPS) is 7.22. The summed E-state index contributed by atoms with van der Waals surface area (Å²) < 4.78 is 4.06. The molecule has 0 spiro atoms. The smallest absolute Gasteiger partial charge is 1.00 e. The number of hydrogen-bond acceptors (Lipinski definition) is 3. The topological polar surface area (TPSA) is 63.6 Å². The van der Waals surface area contributed by atoms with Gasteiger partial charge >= 0.3 is 41.5 Å². The molecular formula is C4H7NaO4. The summed E-state index contributed by atoms with van der Waals surface area (Å²) in [5.41, 5.74) is 0. The van der Waals surface area contributed by atoms with Crippen LogP contribution in [0.2, 0.25) is 0 Å². The zero-order valence-corrected chi connectivity index (χ0v) is 7.38. The largest absolute Gasteiger partial charge is 1.00 e. The van der Waals surface area contributed by atoms with Crippen molar-refractivity contribution in [1.29, 1.82) is 0 Å². The van der Waals surface area contributed by atoms with Gasteiger partial charge in [0.2, 0.25) is 0 Å². The van der Waals surface area contributed by atoms with Crippen molar-refractivity contribution in [2.75, 3.05) is 6.61 Å². The predicted molar refractivity (Wildman–Crippen MR) is 25.4 cm³/mol. The van der Waals surface area contributed by atoms with Gasteiger partial charge in [-0.05, 0) is 6.92 Å². The third-order valence-corrected chi connectivity index (χ3v) is 0.450. The van der Waals surface area contributed by atoms with Crippen LogP contribution in [0, 0.1) is 0 Å². The van der Waals surface area contributed by atoms with E-state index >= 15 is 0 Å². The molecular weight excluding hydrogens is 135 g/mol. The van der Waals surface area contributed by atoms with Crippen molar-refractivity contribution in [3.8, 4) is 0 Å². The van der Waals surface area contributed by atoms with Crippen molar-refractivity contribution < 1.29 is 50.4 Å². The number of rotatable bonds is 1. The summed E-state index contributed by atoms with van der Waals surface area (Å²) in [4.78, 5) is 19.5. The summed E-state index contributed by atoms with van der Waals surface area (Å²) in [6, 6.07) is 0. The van der Waals surface area contributed by atoms with E-state index in [1.807, 2.05) is 0 Å². The van der Waals surface area contributed by atoms with Crippen LogP contribution in [0.25, 0.3) is 0 Å². The summed E-state index contributed by atoms with van der Waals surface area (Å²) in [5.74, 6) is -2.75. The van der Waals surface area contributed by atoms with Gasteiger partial charge in [0.15, 0.2) is 0 Å². The minimum atomic E-state index is -1.55. The van der Waals surface area contributed by atoms with Crippen molar-refractivity contribution >= 4 is 11.9 Å². The van der Waals surface area contributed by atoms with E-state index in [-0.39, 0.29) is 37.6 Å². The summed E-state index contributed by atoms with van der Waals surface area (Å²) in [5, 5.41) is 7.84. The summed E-state index contributed by atoms with van der Waals surface area (Å²) in [6.07, 6.45) is 0. The van der Waals surface area contributed by atoms with Gasteiger partial charge in [-0.15, -0.1) is 0 Å². The van der Waals surface area contributed by atoms with Crippen molar-refractivity contribution in [3.05, 3.63) is 0 Å². The molecule has 0 rings (SSSR count). The second-order valence-electron chi connectivity index (χ2n) is 1.03. The van der Waals surface area contributed by atoms with Gasteiger partial charge in [0.05, 0.1) is 6.61 Å². The Morgan fingerprint density at radius 2 is 2.11 bits per heavy atom. The molecule has 0 aliphatic rings. The first-order valence-electron chi connectivity index (χ1n) is 2.08. The number of carbonyl (C=O) groups is 2. The molecule has 4 nitrogen and oxygen atoms in total. The number of carbonyl (C=O) groups excluding carboxylic acids is 1. The fourth-order valence-corrected chi connectivity index (χ4v) is 0.193. The van der Waals surface area contributed by atoms with E-state index in [0.717, 1.165) is 0 Å². The standard InChI is InChI=1S/C4H6O4.Na.H/c1-2-8-4(7)3(5)6;;/h2H2,1H3,(H,5,6);;/q;+1;-1. The Bertz CT molecular complexity index is 116. The van der Waals surface area contributed by atoms with Crippen LogP contribution in [0.15, 0.2) is 0 Å². The molecule has 0 aromatic heterocycles. The van der Waals surface area contributed by atoms with Gasteiger partial charge < -0.3 is 11.3 Å². The number of ether oxygens (including phenoxy) is 1. The molecule has 0 saturated heterocycles. The third kappa shape index (κ3) is 5.82. The Morgan fingerprint density at radius 3 is 2.22 bits per heavy atom. The van der Waals surface area contributed by atoms with Gasteiger partial charge in [-0.2, -0.15) is 0 Å². The summed E-state index contributed by atoms with van der Waals surface area (Å²) >= 11 is 0. The molecule has 5 heteroatoms. The zero-order valence-electron chi connectivity index (χ0n) is 6.38. The molecule has 0 aromatic carbocycles. The van der Waals surface area contributed by atoms with E-state index in [1.54, 1.807) is 6.92 Å². The van der Waals surface area contributed by atoms with Crippen molar-refractivity contribution in [2.24, 2.45) is 0 Å². The Labute approximate surface area is 76.0 Å². The average molecular weight is 142 g/mol. The first-order chi connectivity index (χ1) is 3.68. The van der Waals surface area contributed by atoms with Gasteiger partial charge in [0.1, 0.15) is 0 Å². The molecule has 48 valence electrons. The fourth-order valence-electron chi connectivity index (χ4n) is 0.193. The van der Waals surface area contributed by atoms with Crippen LogP contribution in [0.4, 0.5) is 0 Å². The van der Waals surface area contributed by atoms with Crippen LogP contribution in [-0.2, 0) is 14.3 Å². The molecule has 0 aliphatic carbocycles. The molecule has 0 fully saturated rings. The van der Waals surface area contributed by atoms with E-state index in [2.05, 4.69) is 4.74 Å². The Balaban J connectivity index is -0.000000245. The Morgan fingerprint density at radius 1 is 1.67 bits per heavy atom.